The molecule has 0 bridgehead atoms. The van der Waals surface area contributed by atoms with Crippen LogP contribution < -0.4 is 0 Å². The number of nitrogens with zero attached hydrogens (tertiary/aromatic N) is 6. The Morgan fingerprint density at radius 1 is 1.12 bits per heavy atom. The van der Waals surface area contributed by atoms with Crippen molar-refractivity contribution in [2.45, 2.75) is 31.5 Å². The first-order valence-electron chi connectivity index (χ1n) is 10.1. The lowest BCUT2D eigenvalue weighted by Gasteiger charge is -2.19. The van der Waals surface area contributed by atoms with E-state index in [1.807, 2.05) is 37.3 Å². The van der Waals surface area contributed by atoms with Crippen LogP contribution in [0.5, 0.6) is 0 Å². The van der Waals surface area contributed by atoms with E-state index < -0.39 is 0 Å². The number of hydrogen-bond acceptors (Lipinski definition) is 8. The van der Waals surface area contributed by atoms with E-state index in [9.17, 15) is 4.79 Å². The van der Waals surface area contributed by atoms with Crippen molar-refractivity contribution < 1.29 is 13.6 Å². The van der Waals surface area contributed by atoms with Crippen LogP contribution in [0.2, 0.25) is 0 Å². The van der Waals surface area contributed by atoms with Gasteiger partial charge in [-0.25, -0.2) is 5.01 Å². The maximum absolute atomic E-state index is 13.2. The van der Waals surface area contributed by atoms with Crippen LogP contribution in [-0.4, -0.2) is 42.6 Å². The first-order chi connectivity index (χ1) is 15.6. The molecule has 1 unspecified atom stereocenters. The third-order valence-corrected chi connectivity index (χ3v) is 6.25. The van der Waals surface area contributed by atoms with Crippen LogP contribution in [0.25, 0.3) is 5.69 Å². The van der Waals surface area contributed by atoms with E-state index in [1.54, 1.807) is 29.3 Å². The molecule has 1 atom stereocenters. The van der Waals surface area contributed by atoms with Crippen LogP contribution >= 0.6 is 11.8 Å². The normalized spacial score (nSPS) is 15.9. The van der Waals surface area contributed by atoms with Crippen LogP contribution in [0.4, 0.5) is 0 Å². The van der Waals surface area contributed by atoms with E-state index in [2.05, 4.69) is 27.6 Å². The van der Waals surface area contributed by atoms with Crippen LogP contribution in [-0.2, 0) is 4.79 Å². The Morgan fingerprint density at radius 2 is 1.97 bits per heavy atom. The number of hydrogen-bond donors (Lipinski definition) is 0. The molecule has 0 saturated carbocycles. The van der Waals surface area contributed by atoms with Crippen LogP contribution in [0, 0.1) is 13.8 Å². The van der Waals surface area contributed by atoms with Gasteiger partial charge in [0.2, 0.25) is 5.16 Å². The summed E-state index contributed by atoms with van der Waals surface area (Å²) in [4.78, 5) is 13.2. The lowest BCUT2D eigenvalue weighted by Crippen LogP contribution is -2.28. The monoisotopic (exact) mass is 448 g/mol. The molecule has 1 aliphatic heterocycles. The lowest BCUT2D eigenvalue weighted by atomic mass is 10.1. The van der Waals surface area contributed by atoms with Gasteiger partial charge in [-0.15, -0.1) is 5.10 Å². The number of rotatable bonds is 6. The number of furan rings is 2. The van der Waals surface area contributed by atoms with E-state index in [-0.39, 0.29) is 17.7 Å². The fourth-order valence-electron chi connectivity index (χ4n) is 3.52. The molecule has 0 N–H and O–H groups in total. The minimum absolute atomic E-state index is 0.122. The van der Waals surface area contributed by atoms with Crippen molar-refractivity contribution in [1.82, 2.24) is 25.2 Å². The zero-order chi connectivity index (χ0) is 22.1. The van der Waals surface area contributed by atoms with Crippen LogP contribution in [0.15, 0.2) is 74.1 Å². The van der Waals surface area contributed by atoms with Crippen molar-refractivity contribution in [3.8, 4) is 5.69 Å². The Morgan fingerprint density at radius 3 is 2.72 bits per heavy atom. The van der Waals surface area contributed by atoms with E-state index in [4.69, 9.17) is 8.83 Å². The van der Waals surface area contributed by atoms with Gasteiger partial charge in [0.25, 0.3) is 5.91 Å². The molecule has 5 rings (SSSR count). The van der Waals surface area contributed by atoms with Crippen LogP contribution in [0.1, 0.15) is 35.1 Å². The number of benzene rings is 1. The predicted octanol–water partition coefficient (Wildman–Crippen LogP) is 3.94. The van der Waals surface area contributed by atoms with Crippen molar-refractivity contribution in [2.24, 2.45) is 5.10 Å². The minimum atomic E-state index is -0.325. The number of aromatic nitrogens is 4. The Labute approximate surface area is 188 Å². The molecule has 0 saturated heterocycles. The van der Waals surface area contributed by atoms with Crippen molar-refractivity contribution in [2.75, 3.05) is 5.75 Å². The SMILES string of the molecule is Cc1ccc(-n2nnnc2SCC(=O)N2N=C(c3ccco3)CC2c2ccco2)cc1C. The van der Waals surface area contributed by atoms with E-state index >= 15 is 0 Å². The number of aryl methyl sites for hydroxylation is 2. The highest BCUT2D eigenvalue weighted by atomic mass is 32.2. The van der Waals surface area contributed by atoms with Gasteiger partial charge in [0.1, 0.15) is 23.3 Å². The van der Waals surface area contributed by atoms with Gasteiger partial charge in [-0.3, -0.25) is 4.79 Å². The van der Waals surface area contributed by atoms with E-state index in [1.165, 1.54) is 22.3 Å². The second-order valence-corrected chi connectivity index (χ2v) is 8.37. The molecule has 4 heterocycles. The molecule has 0 radical (unpaired) electrons. The van der Waals surface area contributed by atoms with Gasteiger partial charge in [0, 0.05) is 6.42 Å². The van der Waals surface area contributed by atoms with Crippen molar-refractivity contribution >= 4 is 23.4 Å². The highest BCUT2D eigenvalue weighted by Gasteiger charge is 2.35. The van der Waals surface area contributed by atoms with Gasteiger partial charge < -0.3 is 8.83 Å². The zero-order valence-electron chi connectivity index (χ0n) is 17.5. The van der Waals surface area contributed by atoms with E-state index in [0.717, 1.165) is 11.3 Å². The molecule has 162 valence electrons. The average Bonchev–Trinajstić information content (AvgIpc) is 3.60. The van der Waals surface area contributed by atoms with Gasteiger partial charge >= 0.3 is 0 Å². The Bertz CT molecular complexity index is 1260. The highest BCUT2D eigenvalue weighted by molar-refractivity contribution is 7.99. The molecule has 0 aliphatic carbocycles. The van der Waals surface area contributed by atoms with Gasteiger partial charge in [-0.05, 0) is 71.8 Å². The summed E-state index contributed by atoms with van der Waals surface area (Å²) in [6, 6.07) is 13.0. The van der Waals surface area contributed by atoms with Gasteiger partial charge in [-0.2, -0.15) is 9.78 Å². The number of thioether (sulfide) groups is 1. The molecular formula is C22H20N6O3S. The maximum atomic E-state index is 13.2. The average molecular weight is 449 g/mol. The Hall–Kier alpha value is -3.66. The van der Waals surface area contributed by atoms with Crippen molar-refractivity contribution in [3.05, 3.63) is 77.6 Å². The molecule has 32 heavy (non-hydrogen) atoms. The summed E-state index contributed by atoms with van der Waals surface area (Å²) in [6.45, 7) is 4.09. The molecule has 0 spiro atoms. The molecule has 3 aromatic heterocycles. The number of amides is 1. The molecule has 1 aromatic carbocycles. The molecule has 4 aromatic rings. The first kappa shape index (κ1) is 20.3. The van der Waals surface area contributed by atoms with E-state index in [0.29, 0.717) is 28.8 Å². The fourth-order valence-corrected chi connectivity index (χ4v) is 4.26. The second kappa shape index (κ2) is 8.46. The third-order valence-electron chi connectivity index (χ3n) is 5.34. The largest absolute Gasteiger partial charge is 0.467 e. The zero-order valence-corrected chi connectivity index (χ0v) is 18.3. The number of carbonyl (C=O) groups excluding carboxylic acids is 1. The minimum Gasteiger partial charge on any atom is -0.467 e. The first-order valence-corrected chi connectivity index (χ1v) is 11.0. The summed E-state index contributed by atoms with van der Waals surface area (Å²) in [5.41, 5.74) is 3.88. The molecule has 0 fully saturated rings. The topological polar surface area (TPSA) is 103 Å². The second-order valence-electron chi connectivity index (χ2n) is 7.43. The lowest BCUT2D eigenvalue weighted by molar-refractivity contribution is -0.130. The van der Waals surface area contributed by atoms with Crippen LogP contribution in [0.3, 0.4) is 0 Å². The number of hydrazone groups is 1. The van der Waals surface area contributed by atoms with Gasteiger partial charge in [0.15, 0.2) is 0 Å². The predicted molar refractivity (Wildman–Crippen MR) is 118 cm³/mol. The van der Waals surface area contributed by atoms with Crippen molar-refractivity contribution in [1.29, 1.82) is 0 Å². The maximum Gasteiger partial charge on any atom is 0.253 e. The fraction of sp³-hybridized carbons (Fsp3) is 0.227. The number of tetrazole rings is 1. The summed E-state index contributed by atoms with van der Waals surface area (Å²) in [7, 11) is 0. The Kier molecular flexibility index (Phi) is 5.36. The smallest absolute Gasteiger partial charge is 0.253 e. The highest BCUT2D eigenvalue weighted by Crippen LogP contribution is 2.34. The summed E-state index contributed by atoms with van der Waals surface area (Å²) < 4.78 is 12.7. The van der Waals surface area contributed by atoms with Gasteiger partial charge in [0.05, 0.1) is 24.0 Å². The molecular weight excluding hydrogens is 428 g/mol. The molecule has 10 heteroatoms. The summed E-state index contributed by atoms with van der Waals surface area (Å²) in [6.07, 6.45) is 3.69. The third kappa shape index (κ3) is 3.84. The standard InChI is InChI=1S/C22H20N6O3S/c1-14-7-8-16(11-15(14)2)27-22(23-25-26-27)32-13-21(29)28-18(20-6-4-10-31-20)12-17(24-28)19-5-3-9-30-19/h3-11,18H,12-13H2,1-2H3. The molecule has 9 nitrogen and oxygen atoms in total. The summed E-state index contributed by atoms with van der Waals surface area (Å²) in [5.74, 6) is 1.27. The Balaban J connectivity index is 1.35. The van der Waals surface area contributed by atoms with Gasteiger partial charge in [-0.1, -0.05) is 17.8 Å². The van der Waals surface area contributed by atoms with Crippen molar-refractivity contribution in [3.63, 3.8) is 0 Å². The summed E-state index contributed by atoms with van der Waals surface area (Å²) >= 11 is 1.26. The quantitative estimate of drug-likeness (QED) is 0.412. The summed E-state index contributed by atoms with van der Waals surface area (Å²) in [5, 5.41) is 18.5. The molecule has 1 aliphatic rings. The number of carbonyl (C=O) groups is 1. The molecule has 1 amide bonds.